The van der Waals surface area contributed by atoms with E-state index in [1.54, 1.807) is 6.07 Å². The summed E-state index contributed by atoms with van der Waals surface area (Å²) in [6.07, 6.45) is 4.90. The lowest BCUT2D eigenvalue weighted by Gasteiger charge is -2.36. The van der Waals surface area contributed by atoms with Crippen LogP contribution in [0.4, 0.5) is 10.1 Å². The van der Waals surface area contributed by atoms with E-state index in [1.165, 1.54) is 25.7 Å². The van der Waals surface area contributed by atoms with E-state index in [2.05, 4.69) is 38.0 Å². The van der Waals surface area contributed by atoms with Crippen molar-refractivity contribution < 1.29 is 4.39 Å². The number of nitrogens with one attached hydrogen (secondary N) is 1. The molecule has 2 nitrogen and oxygen atoms in total. The lowest BCUT2D eigenvalue weighted by Crippen LogP contribution is -2.37. The fourth-order valence-corrected chi connectivity index (χ4v) is 3.35. The van der Waals surface area contributed by atoms with E-state index in [-0.39, 0.29) is 5.82 Å². The summed E-state index contributed by atoms with van der Waals surface area (Å²) in [4.78, 5) is 2.18. The van der Waals surface area contributed by atoms with E-state index >= 15 is 0 Å². The Balaban J connectivity index is 2.20. The predicted molar refractivity (Wildman–Crippen MR) is 88.2 cm³/mol. The largest absolute Gasteiger partial charge is 0.369 e. The van der Waals surface area contributed by atoms with Gasteiger partial charge in [-0.1, -0.05) is 45.7 Å². The number of hydrogen-bond acceptors (Lipinski definition) is 2. The van der Waals surface area contributed by atoms with Gasteiger partial charge in [-0.3, -0.25) is 0 Å². The van der Waals surface area contributed by atoms with Crippen molar-refractivity contribution in [3.8, 4) is 0 Å². The topological polar surface area (TPSA) is 15.3 Å². The first kappa shape index (κ1) is 16.3. The lowest BCUT2D eigenvalue weighted by atomic mass is 9.86. The Morgan fingerprint density at radius 2 is 2.10 bits per heavy atom. The molecule has 21 heavy (non-hydrogen) atoms. The average molecular weight is 292 g/mol. The number of hydrogen-bond donors (Lipinski definition) is 1. The van der Waals surface area contributed by atoms with Gasteiger partial charge in [0.05, 0.1) is 5.69 Å². The van der Waals surface area contributed by atoms with Gasteiger partial charge in [0.15, 0.2) is 0 Å². The van der Waals surface area contributed by atoms with Crippen molar-refractivity contribution in [3.05, 3.63) is 29.6 Å². The van der Waals surface area contributed by atoms with Gasteiger partial charge in [-0.25, -0.2) is 4.39 Å². The van der Waals surface area contributed by atoms with Crippen LogP contribution in [0.1, 0.15) is 52.0 Å². The zero-order valence-corrected chi connectivity index (χ0v) is 13.8. The summed E-state index contributed by atoms with van der Waals surface area (Å²) in [5, 5.41) is 3.40. The maximum atomic E-state index is 14.4. The van der Waals surface area contributed by atoms with Crippen molar-refractivity contribution in [2.45, 2.75) is 65.1 Å². The third-order valence-corrected chi connectivity index (χ3v) is 4.58. The fraction of sp³-hybridized carbons (Fsp3) is 0.667. The molecular weight excluding hydrogens is 263 g/mol. The molecule has 3 heteroatoms. The van der Waals surface area contributed by atoms with Crippen LogP contribution < -0.4 is 10.2 Å². The molecule has 0 amide bonds. The second kappa shape index (κ2) is 7.26. The van der Waals surface area contributed by atoms with Crippen molar-refractivity contribution in [1.82, 2.24) is 5.32 Å². The van der Waals surface area contributed by atoms with E-state index < -0.39 is 0 Å². The maximum absolute atomic E-state index is 14.4. The molecule has 0 bridgehead atoms. The third kappa shape index (κ3) is 4.19. The number of halogens is 1. The van der Waals surface area contributed by atoms with Crippen LogP contribution in [-0.4, -0.2) is 19.1 Å². The first-order chi connectivity index (χ1) is 9.99. The minimum Gasteiger partial charge on any atom is -0.369 e. The van der Waals surface area contributed by atoms with Crippen molar-refractivity contribution in [3.63, 3.8) is 0 Å². The fourth-order valence-electron chi connectivity index (χ4n) is 3.35. The Kier molecular flexibility index (Phi) is 5.63. The van der Waals surface area contributed by atoms with Crippen LogP contribution in [0.3, 0.4) is 0 Å². The van der Waals surface area contributed by atoms with Crippen LogP contribution in [0, 0.1) is 11.7 Å². The number of rotatable bonds is 5. The van der Waals surface area contributed by atoms with Gasteiger partial charge in [-0.15, -0.1) is 0 Å². The molecule has 0 radical (unpaired) electrons. The van der Waals surface area contributed by atoms with Crippen LogP contribution in [0.15, 0.2) is 18.2 Å². The smallest absolute Gasteiger partial charge is 0.146 e. The lowest BCUT2D eigenvalue weighted by molar-refractivity contribution is 0.335. The van der Waals surface area contributed by atoms with Gasteiger partial charge in [0.2, 0.25) is 0 Å². The van der Waals surface area contributed by atoms with Crippen LogP contribution in [0.25, 0.3) is 0 Å². The van der Waals surface area contributed by atoms with Gasteiger partial charge in [0, 0.05) is 25.7 Å². The van der Waals surface area contributed by atoms with Gasteiger partial charge in [0.25, 0.3) is 0 Å². The molecule has 1 N–H and O–H groups in total. The molecule has 0 aromatic heterocycles. The van der Waals surface area contributed by atoms with Gasteiger partial charge >= 0.3 is 0 Å². The van der Waals surface area contributed by atoms with Gasteiger partial charge < -0.3 is 10.2 Å². The highest BCUT2D eigenvalue weighted by molar-refractivity contribution is 5.55. The summed E-state index contributed by atoms with van der Waals surface area (Å²) in [7, 11) is 2.06. The second-order valence-electron chi connectivity index (χ2n) is 6.82. The zero-order valence-electron chi connectivity index (χ0n) is 13.8. The Hall–Kier alpha value is -1.09. The Bertz CT molecular complexity index is 459. The Morgan fingerprint density at radius 1 is 1.33 bits per heavy atom. The molecule has 1 saturated carbocycles. The molecule has 1 aliphatic carbocycles. The van der Waals surface area contributed by atoms with Crippen LogP contribution in [-0.2, 0) is 6.54 Å². The third-order valence-electron chi connectivity index (χ3n) is 4.58. The molecule has 0 heterocycles. The minimum atomic E-state index is -0.0983. The first-order valence-corrected chi connectivity index (χ1v) is 8.22. The summed E-state index contributed by atoms with van der Waals surface area (Å²) in [6.45, 7) is 7.26. The highest BCUT2D eigenvalue weighted by atomic mass is 19.1. The molecule has 0 spiro atoms. The summed E-state index contributed by atoms with van der Waals surface area (Å²) in [5.41, 5.74) is 1.84. The molecule has 2 rings (SSSR count). The molecular formula is C18H29FN2. The molecule has 0 aliphatic heterocycles. The van der Waals surface area contributed by atoms with Gasteiger partial charge in [-0.2, -0.15) is 0 Å². The normalized spacial score (nSPS) is 22.6. The summed E-state index contributed by atoms with van der Waals surface area (Å²) >= 11 is 0. The van der Waals surface area contributed by atoms with Crippen molar-refractivity contribution in [1.29, 1.82) is 0 Å². The van der Waals surface area contributed by atoms with Crippen molar-refractivity contribution in [2.75, 3.05) is 11.9 Å². The molecule has 1 aromatic rings. The van der Waals surface area contributed by atoms with Gasteiger partial charge in [-0.05, 0) is 30.4 Å². The second-order valence-corrected chi connectivity index (χ2v) is 6.82. The summed E-state index contributed by atoms with van der Waals surface area (Å²) < 4.78 is 14.4. The van der Waals surface area contributed by atoms with E-state index in [0.29, 0.717) is 12.1 Å². The van der Waals surface area contributed by atoms with E-state index in [0.717, 1.165) is 23.7 Å². The van der Waals surface area contributed by atoms with E-state index in [1.807, 2.05) is 12.1 Å². The highest BCUT2D eigenvalue weighted by Crippen LogP contribution is 2.32. The maximum Gasteiger partial charge on any atom is 0.146 e. The molecule has 118 valence electrons. The number of nitrogens with zero attached hydrogens (tertiary/aromatic N) is 1. The van der Waals surface area contributed by atoms with Crippen LogP contribution in [0.5, 0.6) is 0 Å². The summed E-state index contributed by atoms with van der Waals surface area (Å²) in [5.74, 6) is 0.647. The van der Waals surface area contributed by atoms with E-state index in [4.69, 9.17) is 0 Å². The molecule has 2 atom stereocenters. The van der Waals surface area contributed by atoms with Crippen molar-refractivity contribution in [2.24, 2.45) is 5.92 Å². The standard InChI is InChI=1S/C18H29FN2/c1-13(2)20-12-15-8-6-10-17(19)18(15)21(4)16-9-5-7-14(3)11-16/h6,8,10,13-14,16,20H,5,7,9,11-12H2,1-4H3. The van der Waals surface area contributed by atoms with Gasteiger partial charge in [0.1, 0.15) is 5.82 Å². The first-order valence-electron chi connectivity index (χ1n) is 8.22. The highest BCUT2D eigenvalue weighted by Gasteiger charge is 2.25. The quantitative estimate of drug-likeness (QED) is 0.868. The zero-order chi connectivity index (χ0) is 15.4. The minimum absolute atomic E-state index is 0.0983. The molecule has 1 aromatic carbocycles. The molecule has 1 aliphatic rings. The summed E-state index contributed by atoms with van der Waals surface area (Å²) in [6, 6.07) is 6.30. The number of benzene rings is 1. The van der Waals surface area contributed by atoms with E-state index in [9.17, 15) is 4.39 Å². The SMILES string of the molecule is CC1CCCC(N(C)c2c(F)cccc2CNC(C)C)C1. The van der Waals surface area contributed by atoms with Crippen LogP contribution in [0.2, 0.25) is 0 Å². The predicted octanol–water partition coefficient (Wildman–Crippen LogP) is 4.34. The van der Waals surface area contributed by atoms with Crippen LogP contribution >= 0.6 is 0 Å². The number of anilines is 1. The molecule has 2 unspecified atom stereocenters. The molecule has 0 saturated heterocycles. The molecule has 1 fully saturated rings. The average Bonchev–Trinajstić information content (AvgIpc) is 2.44. The number of para-hydroxylation sites is 1. The Morgan fingerprint density at radius 3 is 2.76 bits per heavy atom. The Labute approximate surface area is 128 Å². The van der Waals surface area contributed by atoms with Crippen molar-refractivity contribution >= 4 is 5.69 Å². The monoisotopic (exact) mass is 292 g/mol.